The average Bonchev–Trinajstić information content (AvgIpc) is 2.43. The van der Waals surface area contributed by atoms with Crippen LogP contribution in [0.15, 0.2) is 18.2 Å². The van der Waals surface area contributed by atoms with Crippen LogP contribution >= 0.6 is 0 Å². The number of rotatable bonds is 5. The monoisotopic (exact) mass is 290 g/mol. The number of ether oxygens (including phenoxy) is 1. The molecular formula is C17H26N2O2. The van der Waals surface area contributed by atoms with Crippen LogP contribution in [0.1, 0.15) is 31.4 Å². The number of nitrogens with one attached hydrogen (secondary N) is 1. The molecule has 4 heteroatoms. The van der Waals surface area contributed by atoms with Crippen LogP contribution in [0.25, 0.3) is 0 Å². The second kappa shape index (κ2) is 6.48. The maximum absolute atomic E-state index is 11.9. The standard InChI is InChI=1S/C17H26N2O2/c1-13-6-7-15(12-14(13)2)21-11-5-9-19-10-8-18-16(20)17(19,3)4/h6-7,12H,5,8-11H2,1-4H3,(H,18,20). The van der Waals surface area contributed by atoms with Crippen LogP contribution in [0.2, 0.25) is 0 Å². The smallest absolute Gasteiger partial charge is 0.239 e. The molecule has 116 valence electrons. The van der Waals surface area contributed by atoms with Crippen molar-refractivity contribution < 1.29 is 9.53 Å². The van der Waals surface area contributed by atoms with Gasteiger partial charge in [-0.05, 0) is 57.4 Å². The Morgan fingerprint density at radius 3 is 2.76 bits per heavy atom. The van der Waals surface area contributed by atoms with Gasteiger partial charge in [0, 0.05) is 19.6 Å². The zero-order valence-corrected chi connectivity index (χ0v) is 13.5. The van der Waals surface area contributed by atoms with E-state index >= 15 is 0 Å². The van der Waals surface area contributed by atoms with E-state index in [1.54, 1.807) is 0 Å². The van der Waals surface area contributed by atoms with E-state index in [0.29, 0.717) is 6.61 Å². The first-order chi connectivity index (χ1) is 9.91. The van der Waals surface area contributed by atoms with Crippen LogP contribution in [-0.4, -0.2) is 42.6 Å². The number of carbonyl (C=O) groups is 1. The van der Waals surface area contributed by atoms with Crippen molar-refractivity contribution in [1.29, 1.82) is 0 Å². The number of nitrogens with zero attached hydrogens (tertiary/aromatic N) is 1. The van der Waals surface area contributed by atoms with Gasteiger partial charge >= 0.3 is 0 Å². The van der Waals surface area contributed by atoms with Crippen LogP contribution in [0.4, 0.5) is 0 Å². The van der Waals surface area contributed by atoms with Gasteiger partial charge in [0.2, 0.25) is 5.91 Å². The molecule has 1 aromatic rings. The Kier molecular flexibility index (Phi) is 4.88. The summed E-state index contributed by atoms with van der Waals surface area (Å²) < 4.78 is 5.80. The van der Waals surface area contributed by atoms with Gasteiger partial charge in [0.1, 0.15) is 5.75 Å². The molecule has 1 fully saturated rings. The SMILES string of the molecule is Cc1ccc(OCCCN2CCNC(=O)C2(C)C)cc1C. The Hall–Kier alpha value is -1.55. The van der Waals surface area contributed by atoms with Crippen molar-refractivity contribution in [2.24, 2.45) is 0 Å². The Morgan fingerprint density at radius 1 is 1.29 bits per heavy atom. The Morgan fingerprint density at radius 2 is 2.05 bits per heavy atom. The molecule has 0 spiro atoms. The van der Waals surface area contributed by atoms with E-state index in [2.05, 4.69) is 36.2 Å². The minimum Gasteiger partial charge on any atom is -0.494 e. The van der Waals surface area contributed by atoms with Crippen LogP contribution in [0.5, 0.6) is 5.75 Å². The number of piperazine rings is 1. The third-order valence-corrected chi connectivity index (χ3v) is 4.33. The summed E-state index contributed by atoms with van der Waals surface area (Å²) in [5.41, 5.74) is 2.11. The molecule has 0 unspecified atom stereocenters. The lowest BCUT2D eigenvalue weighted by Crippen LogP contribution is -2.61. The second-order valence-corrected chi connectivity index (χ2v) is 6.25. The van der Waals surface area contributed by atoms with Crippen molar-refractivity contribution in [2.75, 3.05) is 26.2 Å². The summed E-state index contributed by atoms with van der Waals surface area (Å²) in [5, 5.41) is 2.92. The molecule has 1 aliphatic heterocycles. The molecule has 1 aliphatic rings. The lowest BCUT2D eigenvalue weighted by molar-refractivity contribution is -0.135. The van der Waals surface area contributed by atoms with E-state index in [1.165, 1.54) is 11.1 Å². The van der Waals surface area contributed by atoms with Crippen LogP contribution in [-0.2, 0) is 4.79 Å². The summed E-state index contributed by atoms with van der Waals surface area (Å²) in [4.78, 5) is 14.1. The zero-order chi connectivity index (χ0) is 15.5. The highest BCUT2D eigenvalue weighted by Crippen LogP contribution is 2.19. The number of hydrogen-bond donors (Lipinski definition) is 1. The summed E-state index contributed by atoms with van der Waals surface area (Å²) >= 11 is 0. The molecule has 2 rings (SSSR count). The highest BCUT2D eigenvalue weighted by molar-refractivity contribution is 5.86. The summed E-state index contributed by atoms with van der Waals surface area (Å²) in [7, 11) is 0. The van der Waals surface area contributed by atoms with E-state index in [9.17, 15) is 4.79 Å². The van der Waals surface area contributed by atoms with Gasteiger partial charge in [-0.2, -0.15) is 0 Å². The summed E-state index contributed by atoms with van der Waals surface area (Å²) in [6.07, 6.45) is 0.920. The van der Waals surface area contributed by atoms with Gasteiger partial charge < -0.3 is 10.1 Å². The van der Waals surface area contributed by atoms with Gasteiger partial charge in [0.25, 0.3) is 0 Å². The van der Waals surface area contributed by atoms with Crippen molar-refractivity contribution in [1.82, 2.24) is 10.2 Å². The Bertz CT molecular complexity index is 512. The predicted molar refractivity (Wildman–Crippen MR) is 84.7 cm³/mol. The molecule has 1 heterocycles. The van der Waals surface area contributed by atoms with E-state index in [4.69, 9.17) is 4.74 Å². The Balaban J connectivity index is 1.79. The molecule has 21 heavy (non-hydrogen) atoms. The van der Waals surface area contributed by atoms with Gasteiger partial charge in [-0.1, -0.05) is 6.07 Å². The van der Waals surface area contributed by atoms with Gasteiger partial charge in [-0.3, -0.25) is 9.69 Å². The first kappa shape index (κ1) is 15.8. The number of aryl methyl sites for hydroxylation is 2. The molecule has 0 saturated carbocycles. The number of benzene rings is 1. The average molecular weight is 290 g/mol. The van der Waals surface area contributed by atoms with Crippen molar-refractivity contribution >= 4 is 5.91 Å². The largest absolute Gasteiger partial charge is 0.494 e. The minimum atomic E-state index is -0.418. The van der Waals surface area contributed by atoms with Gasteiger partial charge in [-0.25, -0.2) is 0 Å². The topological polar surface area (TPSA) is 41.6 Å². The first-order valence-corrected chi connectivity index (χ1v) is 7.64. The molecular weight excluding hydrogens is 264 g/mol. The molecule has 1 saturated heterocycles. The fraction of sp³-hybridized carbons (Fsp3) is 0.588. The van der Waals surface area contributed by atoms with Gasteiger partial charge in [0.15, 0.2) is 0 Å². The highest BCUT2D eigenvalue weighted by atomic mass is 16.5. The van der Waals surface area contributed by atoms with Gasteiger partial charge in [0.05, 0.1) is 12.1 Å². The molecule has 1 aromatic carbocycles. The molecule has 0 bridgehead atoms. The second-order valence-electron chi connectivity index (χ2n) is 6.25. The van der Waals surface area contributed by atoms with Gasteiger partial charge in [-0.15, -0.1) is 0 Å². The highest BCUT2D eigenvalue weighted by Gasteiger charge is 2.36. The quantitative estimate of drug-likeness (QED) is 0.846. The maximum atomic E-state index is 11.9. The van der Waals surface area contributed by atoms with E-state index in [1.807, 2.05) is 19.9 Å². The summed E-state index contributed by atoms with van der Waals surface area (Å²) in [6.45, 7) is 11.3. The molecule has 1 N–H and O–H groups in total. The summed E-state index contributed by atoms with van der Waals surface area (Å²) in [5.74, 6) is 1.04. The normalized spacial score (nSPS) is 18.4. The molecule has 1 amide bonds. The molecule has 0 radical (unpaired) electrons. The van der Waals surface area contributed by atoms with Crippen molar-refractivity contribution in [3.05, 3.63) is 29.3 Å². The predicted octanol–water partition coefficient (Wildman–Crippen LogP) is 2.28. The fourth-order valence-corrected chi connectivity index (χ4v) is 2.58. The van der Waals surface area contributed by atoms with Crippen LogP contribution < -0.4 is 10.1 Å². The van der Waals surface area contributed by atoms with Crippen molar-refractivity contribution in [3.63, 3.8) is 0 Å². The van der Waals surface area contributed by atoms with Crippen molar-refractivity contribution in [3.8, 4) is 5.75 Å². The lowest BCUT2D eigenvalue weighted by atomic mass is 9.99. The fourth-order valence-electron chi connectivity index (χ4n) is 2.58. The summed E-state index contributed by atoms with van der Waals surface area (Å²) in [6, 6.07) is 6.18. The van der Waals surface area contributed by atoms with Crippen LogP contribution in [0, 0.1) is 13.8 Å². The van der Waals surface area contributed by atoms with E-state index < -0.39 is 5.54 Å². The lowest BCUT2D eigenvalue weighted by Gasteiger charge is -2.41. The molecule has 0 aromatic heterocycles. The first-order valence-electron chi connectivity index (χ1n) is 7.64. The molecule has 0 atom stereocenters. The maximum Gasteiger partial charge on any atom is 0.239 e. The Labute approximate surface area is 127 Å². The third kappa shape index (κ3) is 3.76. The zero-order valence-electron chi connectivity index (χ0n) is 13.5. The minimum absolute atomic E-state index is 0.115. The molecule has 4 nitrogen and oxygen atoms in total. The molecule has 0 aliphatic carbocycles. The number of amides is 1. The number of hydrogen-bond acceptors (Lipinski definition) is 3. The third-order valence-electron chi connectivity index (χ3n) is 4.33. The van der Waals surface area contributed by atoms with Crippen LogP contribution in [0.3, 0.4) is 0 Å². The van der Waals surface area contributed by atoms with Crippen molar-refractivity contribution in [2.45, 2.75) is 39.7 Å². The number of carbonyl (C=O) groups excluding carboxylic acids is 1. The van der Waals surface area contributed by atoms with E-state index in [0.717, 1.165) is 31.8 Å². The van der Waals surface area contributed by atoms with E-state index in [-0.39, 0.29) is 5.91 Å².